The Morgan fingerprint density at radius 3 is 2.43 bits per heavy atom. The first-order valence-corrected chi connectivity index (χ1v) is 11.1. The smallest absolute Gasteiger partial charge is 0.192 e. The Morgan fingerprint density at radius 1 is 1.24 bits per heavy atom. The van der Waals surface area contributed by atoms with Gasteiger partial charge in [0.2, 0.25) is 0 Å². The summed E-state index contributed by atoms with van der Waals surface area (Å²) in [4.78, 5) is 0. The Morgan fingerprint density at radius 2 is 1.86 bits per heavy atom. The molecular formula is C17H25BrO2Si. The van der Waals surface area contributed by atoms with Gasteiger partial charge in [-0.15, -0.1) is 0 Å². The minimum absolute atomic E-state index is 0.0343. The Hall–Kier alpha value is -0.583. The number of furan rings is 1. The fraction of sp³-hybridized carbons (Fsp3) is 0.529. The fourth-order valence-electron chi connectivity index (χ4n) is 2.23. The topological polar surface area (TPSA) is 22.4 Å². The van der Waals surface area contributed by atoms with Crippen molar-refractivity contribution in [2.45, 2.75) is 58.9 Å². The van der Waals surface area contributed by atoms with E-state index in [9.17, 15) is 0 Å². The van der Waals surface area contributed by atoms with Crippen LogP contribution in [0.15, 0.2) is 27.1 Å². The van der Waals surface area contributed by atoms with Crippen LogP contribution < -0.4 is 0 Å². The number of para-hydroxylation sites is 1. The fourth-order valence-corrected chi connectivity index (χ4v) is 3.99. The van der Waals surface area contributed by atoms with E-state index in [2.05, 4.69) is 74.9 Å². The lowest BCUT2D eigenvalue weighted by Crippen LogP contribution is -2.41. The third kappa shape index (κ3) is 3.12. The van der Waals surface area contributed by atoms with Crippen LogP contribution >= 0.6 is 15.9 Å². The Labute approximate surface area is 137 Å². The van der Waals surface area contributed by atoms with Crippen LogP contribution in [0.5, 0.6) is 0 Å². The normalized spacial score (nSPS) is 14.7. The Balaban J connectivity index is 2.41. The minimum Gasteiger partial charge on any atom is -0.460 e. The maximum Gasteiger partial charge on any atom is 0.192 e. The summed E-state index contributed by atoms with van der Waals surface area (Å²) in [5.41, 5.74) is 2.07. The summed E-state index contributed by atoms with van der Waals surface area (Å²) in [6.07, 6.45) is 0.0343. The molecule has 0 aliphatic heterocycles. The number of hydrogen-bond acceptors (Lipinski definition) is 2. The highest BCUT2D eigenvalue weighted by molar-refractivity contribution is 9.10. The molecule has 0 aliphatic rings. The van der Waals surface area contributed by atoms with Gasteiger partial charge < -0.3 is 8.84 Å². The molecule has 1 heterocycles. The van der Waals surface area contributed by atoms with Crippen LogP contribution in [0.2, 0.25) is 18.1 Å². The molecule has 116 valence electrons. The molecule has 0 saturated carbocycles. The second-order valence-corrected chi connectivity index (χ2v) is 12.8. The molecule has 0 radical (unpaired) electrons. The molecule has 1 aromatic carbocycles. The van der Waals surface area contributed by atoms with Crippen molar-refractivity contribution in [2.24, 2.45) is 0 Å². The van der Waals surface area contributed by atoms with Gasteiger partial charge >= 0.3 is 0 Å². The van der Waals surface area contributed by atoms with Gasteiger partial charge in [-0.3, -0.25) is 0 Å². The minimum atomic E-state index is -1.80. The van der Waals surface area contributed by atoms with E-state index >= 15 is 0 Å². The third-order valence-corrected chi connectivity index (χ3v) is 10.1. The molecule has 4 heteroatoms. The number of halogens is 1. The van der Waals surface area contributed by atoms with Gasteiger partial charge in [-0.1, -0.05) is 32.9 Å². The van der Waals surface area contributed by atoms with E-state index in [1.807, 2.05) is 6.92 Å². The molecule has 21 heavy (non-hydrogen) atoms. The van der Waals surface area contributed by atoms with Crippen molar-refractivity contribution in [1.29, 1.82) is 0 Å². The van der Waals surface area contributed by atoms with Gasteiger partial charge in [-0.25, -0.2) is 0 Å². The quantitative estimate of drug-likeness (QED) is 0.570. The predicted molar refractivity (Wildman–Crippen MR) is 95.3 cm³/mol. The van der Waals surface area contributed by atoms with E-state index in [0.29, 0.717) is 0 Å². The lowest BCUT2D eigenvalue weighted by atomic mass is 10.1. The van der Waals surface area contributed by atoms with Crippen LogP contribution in [0.4, 0.5) is 0 Å². The highest BCUT2D eigenvalue weighted by Crippen LogP contribution is 2.41. The average Bonchev–Trinajstić information content (AvgIpc) is 2.63. The molecule has 1 atom stereocenters. The average molecular weight is 369 g/mol. The number of benzene rings is 1. The van der Waals surface area contributed by atoms with Gasteiger partial charge in [0.15, 0.2) is 8.32 Å². The van der Waals surface area contributed by atoms with Gasteiger partial charge in [0.05, 0.1) is 10.6 Å². The van der Waals surface area contributed by atoms with Crippen molar-refractivity contribution in [3.63, 3.8) is 0 Å². The van der Waals surface area contributed by atoms with E-state index < -0.39 is 8.32 Å². The van der Waals surface area contributed by atoms with Crippen molar-refractivity contribution in [1.82, 2.24) is 0 Å². The molecule has 2 rings (SSSR count). The second-order valence-electron chi connectivity index (χ2n) is 7.22. The molecule has 0 amide bonds. The summed E-state index contributed by atoms with van der Waals surface area (Å²) in [7, 11) is -1.80. The molecule has 2 aromatic rings. The zero-order chi connectivity index (χ0) is 16.0. The molecule has 0 spiro atoms. The second kappa shape index (κ2) is 5.56. The summed E-state index contributed by atoms with van der Waals surface area (Å²) in [5.74, 6) is 0.914. The lowest BCUT2D eigenvalue weighted by Gasteiger charge is -2.38. The molecule has 0 fully saturated rings. The summed E-state index contributed by atoms with van der Waals surface area (Å²) < 4.78 is 13.5. The molecule has 0 N–H and O–H groups in total. The van der Waals surface area contributed by atoms with Crippen LogP contribution in [-0.2, 0) is 4.43 Å². The maximum absolute atomic E-state index is 6.51. The highest BCUT2D eigenvalue weighted by Gasteiger charge is 2.39. The van der Waals surface area contributed by atoms with E-state index in [4.69, 9.17) is 8.84 Å². The highest BCUT2D eigenvalue weighted by atomic mass is 79.9. The zero-order valence-electron chi connectivity index (χ0n) is 14.0. The van der Waals surface area contributed by atoms with Crippen LogP contribution in [0.3, 0.4) is 0 Å². The van der Waals surface area contributed by atoms with E-state index in [1.54, 1.807) is 0 Å². The molecule has 1 aromatic heterocycles. The molecule has 0 aliphatic carbocycles. The maximum atomic E-state index is 6.51. The molecule has 2 nitrogen and oxygen atoms in total. The molecule has 0 unspecified atom stereocenters. The monoisotopic (exact) mass is 368 g/mol. The predicted octanol–water partition coefficient (Wildman–Crippen LogP) is 6.59. The summed E-state index contributed by atoms with van der Waals surface area (Å²) >= 11 is 3.60. The SMILES string of the molecule is Cc1oc2c([C@@H](C)O[Si](C)(C)C(C)(C)C)cccc2c1Br. The van der Waals surface area contributed by atoms with Crippen LogP contribution in [0.1, 0.15) is 45.1 Å². The summed E-state index contributed by atoms with van der Waals surface area (Å²) in [6.45, 7) is 15.5. The number of fused-ring (bicyclic) bond motifs is 1. The van der Waals surface area contributed by atoms with Crippen molar-refractivity contribution in [3.05, 3.63) is 34.0 Å². The number of rotatable bonds is 3. The standard InChI is InChI=1S/C17H25BrO2Si/c1-11(20-21(6,7)17(3,4)5)13-9-8-10-14-15(18)12(2)19-16(13)14/h8-11H,1-7H3/t11-/m1/s1. The zero-order valence-corrected chi connectivity index (χ0v) is 16.6. The largest absolute Gasteiger partial charge is 0.460 e. The van der Waals surface area contributed by atoms with E-state index in [1.165, 1.54) is 0 Å². The van der Waals surface area contributed by atoms with Crippen molar-refractivity contribution < 1.29 is 8.84 Å². The van der Waals surface area contributed by atoms with E-state index in [0.717, 1.165) is 26.8 Å². The first-order chi connectivity index (χ1) is 9.54. The summed E-state index contributed by atoms with van der Waals surface area (Å²) in [6, 6.07) is 6.26. The van der Waals surface area contributed by atoms with Crippen molar-refractivity contribution in [2.75, 3.05) is 0 Å². The lowest BCUT2D eigenvalue weighted by molar-refractivity contribution is 0.203. The third-order valence-electron chi connectivity index (χ3n) is 4.56. The summed E-state index contributed by atoms with van der Waals surface area (Å²) in [5, 5.41) is 1.32. The Kier molecular flexibility index (Phi) is 4.44. The van der Waals surface area contributed by atoms with Gasteiger partial charge in [0.1, 0.15) is 11.3 Å². The first-order valence-electron chi connectivity index (χ1n) is 7.40. The van der Waals surface area contributed by atoms with Crippen molar-refractivity contribution >= 4 is 35.2 Å². The van der Waals surface area contributed by atoms with Crippen LogP contribution in [0.25, 0.3) is 11.0 Å². The molecule has 0 saturated heterocycles. The Bertz CT molecular complexity index is 653. The van der Waals surface area contributed by atoms with Crippen molar-refractivity contribution in [3.8, 4) is 0 Å². The van der Waals surface area contributed by atoms with Crippen LogP contribution in [0, 0.1) is 6.92 Å². The van der Waals surface area contributed by atoms with Gasteiger partial charge in [0, 0.05) is 10.9 Å². The molecule has 0 bridgehead atoms. The number of hydrogen-bond donors (Lipinski definition) is 0. The first kappa shape index (κ1) is 16.8. The van der Waals surface area contributed by atoms with Gasteiger partial charge in [-0.05, 0) is 54.0 Å². The van der Waals surface area contributed by atoms with Crippen LogP contribution in [-0.4, -0.2) is 8.32 Å². The molecular weight excluding hydrogens is 344 g/mol. The van der Waals surface area contributed by atoms with Gasteiger partial charge in [0.25, 0.3) is 0 Å². The van der Waals surface area contributed by atoms with Gasteiger partial charge in [-0.2, -0.15) is 0 Å². The number of aryl methyl sites for hydroxylation is 1. The van der Waals surface area contributed by atoms with E-state index in [-0.39, 0.29) is 11.1 Å².